The lowest BCUT2D eigenvalue weighted by Gasteiger charge is -1.93. The zero-order valence-corrected chi connectivity index (χ0v) is 15.2. The lowest BCUT2D eigenvalue weighted by atomic mass is 10.3. The van der Waals surface area contributed by atoms with Crippen molar-refractivity contribution in [3.63, 3.8) is 0 Å². The van der Waals surface area contributed by atoms with Crippen LogP contribution in [0.15, 0.2) is 57.2 Å². The molecular formula is C16H9F3N2O2S3. The van der Waals surface area contributed by atoms with E-state index in [9.17, 15) is 13.2 Å². The molecule has 2 aromatic heterocycles. The van der Waals surface area contributed by atoms with Gasteiger partial charge in [0.2, 0.25) is 0 Å². The highest BCUT2D eigenvalue weighted by Crippen LogP contribution is 2.37. The van der Waals surface area contributed by atoms with Crippen LogP contribution in [0, 0.1) is 0 Å². The van der Waals surface area contributed by atoms with Gasteiger partial charge in [-0.1, -0.05) is 24.3 Å². The lowest BCUT2D eigenvalue weighted by Crippen LogP contribution is -2.21. The second-order valence-electron chi connectivity index (χ2n) is 4.80. The van der Waals surface area contributed by atoms with Crippen LogP contribution in [0.5, 0.6) is 0 Å². The Morgan fingerprint density at radius 3 is 1.62 bits per heavy atom. The van der Waals surface area contributed by atoms with Crippen molar-refractivity contribution in [1.82, 2.24) is 9.97 Å². The van der Waals surface area contributed by atoms with E-state index in [0.717, 1.165) is 19.7 Å². The number of carboxylic acid groups (broad SMARTS) is 1. The number of hydrogen-bond donors (Lipinski definition) is 1. The molecular weight excluding hydrogens is 405 g/mol. The number of aliphatic carboxylic acids is 1. The molecule has 10 heteroatoms. The maximum Gasteiger partial charge on any atom is 0.490 e. The fourth-order valence-electron chi connectivity index (χ4n) is 1.86. The number of benzene rings is 2. The molecule has 26 heavy (non-hydrogen) atoms. The van der Waals surface area contributed by atoms with Gasteiger partial charge in [0.15, 0.2) is 8.68 Å². The van der Waals surface area contributed by atoms with Crippen molar-refractivity contribution in [3.8, 4) is 0 Å². The van der Waals surface area contributed by atoms with Crippen molar-refractivity contribution >= 4 is 60.8 Å². The molecule has 0 bridgehead atoms. The summed E-state index contributed by atoms with van der Waals surface area (Å²) in [6, 6.07) is 16.5. The number of halogens is 3. The van der Waals surface area contributed by atoms with Gasteiger partial charge in [-0.3, -0.25) is 0 Å². The van der Waals surface area contributed by atoms with Gasteiger partial charge < -0.3 is 5.11 Å². The van der Waals surface area contributed by atoms with E-state index in [0.29, 0.717) is 0 Å². The maximum atomic E-state index is 10.6. The van der Waals surface area contributed by atoms with Crippen molar-refractivity contribution in [2.24, 2.45) is 0 Å². The average molecular weight is 414 g/mol. The molecule has 1 N–H and O–H groups in total. The van der Waals surface area contributed by atoms with Crippen LogP contribution in [0.4, 0.5) is 13.2 Å². The Bertz CT molecular complexity index is 921. The SMILES string of the molecule is O=C(O)C(F)(F)F.c1ccc2sc(Sc3nc4ccccc4s3)nc2c1. The van der Waals surface area contributed by atoms with Gasteiger partial charge in [0.05, 0.1) is 20.4 Å². The monoisotopic (exact) mass is 414 g/mol. The zero-order valence-electron chi connectivity index (χ0n) is 12.7. The van der Waals surface area contributed by atoms with Gasteiger partial charge in [-0.05, 0) is 36.0 Å². The first-order chi connectivity index (χ1) is 12.3. The lowest BCUT2D eigenvalue weighted by molar-refractivity contribution is -0.192. The molecule has 0 saturated carbocycles. The molecule has 4 rings (SSSR count). The highest BCUT2D eigenvalue weighted by Gasteiger charge is 2.38. The number of thiazole rings is 2. The number of carboxylic acids is 1. The molecule has 0 aliphatic heterocycles. The normalized spacial score (nSPS) is 11.3. The maximum absolute atomic E-state index is 10.6. The van der Waals surface area contributed by atoms with E-state index in [4.69, 9.17) is 9.90 Å². The standard InChI is InChI=1S/C14H8N2S3.C2HF3O2/c1-3-7-11-9(5-1)15-13(17-11)19-14-16-10-6-2-4-8-12(10)18-14;3-2(4,5)1(6)7/h1-8H;(H,6,7). The van der Waals surface area contributed by atoms with Gasteiger partial charge in [0.25, 0.3) is 0 Å². The van der Waals surface area contributed by atoms with Gasteiger partial charge in [-0.15, -0.1) is 22.7 Å². The molecule has 4 nitrogen and oxygen atoms in total. The minimum Gasteiger partial charge on any atom is -0.475 e. The van der Waals surface area contributed by atoms with Crippen molar-refractivity contribution < 1.29 is 23.1 Å². The second kappa shape index (κ2) is 7.60. The first-order valence-corrected chi connectivity index (χ1v) is 9.47. The predicted octanol–water partition coefficient (Wildman–Crippen LogP) is 5.69. The van der Waals surface area contributed by atoms with Crippen LogP contribution in [0.25, 0.3) is 20.4 Å². The molecule has 0 aliphatic rings. The van der Waals surface area contributed by atoms with E-state index in [2.05, 4.69) is 22.1 Å². The summed E-state index contributed by atoms with van der Waals surface area (Å²) in [4.78, 5) is 18.1. The van der Waals surface area contributed by atoms with Crippen LogP contribution in [-0.4, -0.2) is 27.2 Å². The molecule has 0 unspecified atom stereocenters. The quantitative estimate of drug-likeness (QED) is 0.456. The molecule has 0 atom stereocenters. The van der Waals surface area contributed by atoms with E-state index in [1.54, 1.807) is 34.4 Å². The van der Waals surface area contributed by atoms with Crippen LogP contribution in [0.2, 0.25) is 0 Å². The van der Waals surface area contributed by atoms with E-state index in [1.165, 1.54) is 9.40 Å². The fourth-order valence-corrected chi connectivity index (χ4v) is 5.20. The summed E-state index contributed by atoms with van der Waals surface area (Å²) in [5, 5.41) is 7.12. The second-order valence-corrected chi connectivity index (χ2v) is 8.36. The van der Waals surface area contributed by atoms with E-state index < -0.39 is 12.1 Å². The largest absolute Gasteiger partial charge is 0.490 e. The third-order valence-electron chi connectivity index (χ3n) is 2.97. The third-order valence-corrected chi connectivity index (χ3v) is 6.16. The zero-order chi connectivity index (χ0) is 18.7. The van der Waals surface area contributed by atoms with Gasteiger partial charge in [0, 0.05) is 0 Å². The minimum absolute atomic E-state index is 1.06. The van der Waals surface area contributed by atoms with Crippen LogP contribution in [-0.2, 0) is 4.79 Å². The molecule has 0 saturated heterocycles. The van der Waals surface area contributed by atoms with Crippen LogP contribution >= 0.6 is 34.4 Å². The summed E-state index contributed by atoms with van der Waals surface area (Å²) in [6.45, 7) is 0. The molecule has 0 aliphatic carbocycles. The summed E-state index contributed by atoms with van der Waals surface area (Å²) in [6.07, 6.45) is -5.08. The Morgan fingerprint density at radius 2 is 1.27 bits per heavy atom. The molecule has 0 spiro atoms. The molecule has 134 valence electrons. The molecule has 2 aromatic carbocycles. The summed E-state index contributed by atoms with van der Waals surface area (Å²) >= 11 is 5.09. The van der Waals surface area contributed by atoms with E-state index in [-0.39, 0.29) is 0 Å². The Morgan fingerprint density at radius 1 is 0.885 bits per heavy atom. The van der Waals surface area contributed by atoms with Crippen molar-refractivity contribution in [2.75, 3.05) is 0 Å². The first-order valence-electron chi connectivity index (χ1n) is 7.02. The van der Waals surface area contributed by atoms with Gasteiger partial charge in [-0.2, -0.15) is 13.2 Å². The number of aromatic nitrogens is 2. The number of para-hydroxylation sites is 2. The van der Waals surface area contributed by atoms with E-state index >= 15 is 0 Å². The van der Waals surface area contributed by atoms with Gasteiger partial charge >= 0.3 is 12.1 Å². The molecule has 0 radical (unpaired) electrons. The summed E-state index contributed by atoms with van der Waals surface area (Å²) in [5.74, 6) is -2.76. The van der Waals surface area contributed by atoms with Gasteiger partial charge in [-0.25, -0.2) is 14.8 Å². The number of rotatable bonds is 2. The van der Waals surface area contributed by atoms with Gasteiger partial charge in [0.1, 0.15) is 0 Å². The Kier molecular flexibility index (Phi) is 5.44. The Labute approximate surface area is 157 Å². The number of hydrogen-bond acceptors (Lipinski definition) is 6. The number of alkyl halides is 3. The van der Waals surface area contributed by atoms with Crippen LogP contribution in [0.1, 0.15) is 0 Å². The highest BCUT2D eigenvalue weighted by molar-refractivity contribution is 8.02. The van der Waals surface area contributed by atoms with Crippen LogP contribution < -0.4 is 0 Å². The van der Waals surface area contributed by atoms with Crippen molar-refractivity contribution in [1.29, 1.82) is 0 Å². The van der Waals surface area contributed by atoms with Crippen molar-refractivity contribution in [2.45, 2.75) is 14.9 Å². The number of fused-ring (bicyclic) bond motifs is 2. The first kappa shape index (κ1) is 18.6. The Hall–Kier alpha value is -2.17. The molecule has 4 aromatic rings. The minimum atomic E-state index is -5.08. The average Bonchev–Trinajstić information content (AvgIpc) is 3.16. The smallest absolute Gasteiger partial charge is 0.475 e. The predicted molar refractivity (Wildman–Crippen MR) is 97.1 cm³/mol. The fraction of sp³-hybridized carbons (Fsp3) is 0.0625. The summed E-state index contributed by atoms with van der Waals surface area (Å²) in [7, 11) is 0. The van der Waals surface area contributed by atoms with E-state index in [1.807, 2.05) is 36.4 Å². The highest BCUT2D eigenvalue weighted by atomic mass is 32.2. The molecule has 2 heterocycles. The summed E-state index contributed by atoms with van der Waals surface area (Å²) < 4.78 is 36.3. The number of nitrogens with zero attached hydrogens (tertiary/aromatic N) is 2. The Balaban J connectivity index is 0.000000242. The topological polar surface area (TPSA) is 63.1 Å². The third kappa shape index (κ3) is 4.51. The van der Waals surface area contributed by atoms with Crippen molar-refractivity contribution in [3.05, 3.63) is 48.5 Å². The molecule has 0 fully saturated rings. The van der Waals surface area contributed by atoms with Crippen LogP contribution in [0.3, 0.4) is 0 Å². The molecule has 0 amide bonds. The summed E-state index contributed by atoms with van der Waals surface area (Å²) in [5.41, 5.74) is 2.13. The number of carbonyl (C=O) groups is 1.